The van der Waals surface area contributed by atoms with Crippen molar-refractivity contribution in [3.8, 4) is 0 Å². The van der Waals surface area contributed by atoms with E-state index in [9.17, 15) is 14.4 Å². The molecule has 3 amide bonds. The number of aromatic nitrogens is 1. The number of amides is 3. The quantitative estimate of drug-likeness (QED) is 0.835. The molecular formula is C16H15ClN4O4. The van der Waals surface area contributed by atoms with E-state index in [1.54, 1.807) is 23.1 Å². The van der Waals surface area contributed by atoms with E-state index < -0.39 is 5.91 Å². The van der Waals surface area contributed by atoms with Crippen molar-refractivity contribution in [1.29, 1.82) is 0 Å². The number of hydrogen-bond donors (Lipinski definition) is 2. The van der Waals surface area contributed by atoms with E-state index in [1.807, 2.05) is 0 Å². The Kier molecular flexibility index (Phi) is 4.71. The fourth-order valence-corrected chi connectivity index (χ4v) is 2.75. The lowest BCUT2D eigenvalue weighted by atomic mass is 10.1. The van der Waals surface area contributed by atoms with E-state index >= 15 is 0 Å². The normalized spacial score (nSPS) is 14.0. The number of carbonyl (C=O) groups excluding carboxylic acids is 3. The van der Waals surface area contributed by atoms with Gasteiger partial charge in [0.05, 0.1) is 17.3 Å². The fraction of sp³-hybridized carbons (Fsp3) is 0.250. The van der Waals surface area contributed by atoms with Crippen LogP contribution < -0.4 is 16.0 Å². The number of nitrogens with one attached hydrogen (secondary N) is 1. The van der Waals surface area contributed by atoms with Gasteiger partial charge in [0.25, 0.3) is 11.8 Å². The van der Waals surface area contributed by atoms with Gasteiger partial charge in [-0.2, -0.15) is 0 Å². The summed E-state index contributed by atoms with van der Waals surface area (Å²) in [4.78, 5) is 40.6. The van der Waals surface area contributed by atoms with Gasteiger partial charge in [-0.1, -0.05) is 11.6 Å². The summed E-state index contributed by atoms with van der Waals surface area (Å²) in [6, 6.07) is 4.71. The standard InChI is InChI=1S/C16H15ClN4O4/c17-10-4-3-9(6-12(10)21-5-1-2-14(21)22)16(24)19-7-13-20-11(8-25-13)15(18)23/h3-4,6,8H,1-2,5,7H2,(H2,18,23)(H,19,24). The number of primary amides is 1. The van der Waals surface area contributed by atoms with E-state index in [0.29, 0.717) is 29.2 Å². The molecular weight excluding hydrogens is 348 g/mol. The van der Waals surface area contributed by atoms with Gasteiger partial charge in [-0.05, 0) is 24.6 Å². The lowest BCUT2D eigenvalue weighted by molar-refractivity contribution is -0.117. The van der Waals surface area contributed by atoms with E-state index in [-0.39, 0.29) is 29.9 Å². The summed E-state index contributed by atoms with van der Waals surface area (Å²) in [7, 11) is 0. The maximum atomic E-state index is 12.3. The first-order valence-corrected chi connectivity index (χ1v) is 7.96. The zero-order valence-corrected chi connectivity index (χ0v) is 13.9. The molecule has 8 nitrogen and oxygen atoms in total. The maximum absolute atomic E-state index is 12.3. The predicted octanol–water partition coefficient (Wildman–Crippen LogP) is 1.48. The largest absolute Gasteiger partial charge is 0.446 e. The van der Waals surface area contributed by atoms with Crippen molar-refractivity contribution < 1.29 is 18.8 Å². The molecule has 1 aromatic carbocycles. The van der Waals surface area contributed by atoms with Crippen molar-refractivity contribution in [2.75, 3.05) is 11.4 Å². The van der Waals surface area contributed by atoms with Crippen LogP contribution in [0.2, 0.25) is 5.02 Å². The van der Waals surface area contributed by atoms with Crippen molar-refractivity contribution in [1.82, 2.24) is 10.3 Å². The van der Waals surface area contributed by atoms with Crippen LogP contribution in [0.1, 0.15) is 39.6 Å². The third-order valence-electron chi connectivity index (χ3n) is 3.78. The molecule has 3 rings (SSSR count). The minimum Gasteiger partial charge on any atom is -0.446 e. The van der Waals surface area contributed by atoms with Gasteiger partial charge in [0.15, 0.2) is 5.69 Å². The summed E-state index contributed by atoms with van der Waals surface area (Å²) in [6.45, 7) is 0.572. The van der Waals surface area contributed by atoms with Gasteiger partial charge in [0, 0.05) is 18.5 Å². The van der Waals surface area contributed by atoms with E-state index in [0.717, 1.165) is 12.7 Å². The number of nitrogens with two attached hydrogens (primary N) is 1. The molecule has 0 atom stereocenters. The van der Waals surface area contributed by atoms with Crippen LogP contribution in [0, 0.1) is 0 Å². The summed E-state index contributed by atoms with van der Waals surface area (Å²) < 4.78 is 5.05. The number of nitrogens with zero attached hydrogens (tertiary/aromatic N) is 2. The molecule has 25 heavy (non-hydrogen) atoms. The van der Waals surface area contributed by atoms with Crippen LogP contribution in [0.25, 0.3) is 0 Å². The second kappa shape index (κ2) is 6.94. The molecule has 3 N–H and O–H groups in total. The number of halogens is 1. The number of hydrogen-bond acceptors (Lipinski definition) is 5. The van der Waals surface area contributed by atoms with Crippen molar-refractivity contribution in [3.63, 3.8) is 0 Å². The Morgan fingerprint density at radius 3 is 2.84 bits per heavy atom. The van der Waals surface area contributed by atoms with Gasteiger partial charge >= 0.3 is 0 Å². The van der Waals surface area contributed by atoms with Crippen molar-refractivity contribution in [3.05, 3.63) is 46.6 Å². The smallest absolute Gasteiger partial charge is 0.270 e. The predicted molar refractivity (Wildman–Crippen MR) is 89.2 cm³/mol. The molecule has 0 unspecified atom stereocenters. The van der Waals surface area contributed by atoms with Crippen molar-refractivity contribution in [2.45, 2.75) is 19.4 Å². The molecule has 0 radical (unpaired) electrons. The van der Waals surface area contributed by atoms with Gasteiger partial charge in [0.1, 0.15) is 6.26 Å². The zero-order valence-electron chi connectivity index (χ0n) is 13.1. The number of oxazole rings is 1. The molecule has 0 spiro atoms. The van der Waals surface area contributed by atoms with Crippen molar-refractivity contribution >= 4 is 35.0 Å². The summed E-state index contributed by atoms with van der Waals surface area (Å²) >= 11 is 6.16. The molecule has 0 saturated carbocycles. The molecule has 9 heteroatoms. The molecule has 0 aliphatic carbocycles. The Hall–Kier alpha value is -2.87. The molecule has 1 aromatic heterocycles. The van der Waals surface area contributed by atoms with E-state index in [2.05, 4.69) is 10.3 Å². The number of carbonyl (C=O) groups is 3. The Morgan fingerprint density at radius 1 is 1.40 bits per heavy atom. The molecule has 1 saturated heterocycles. The molecule has 1 fully saturated rings. The van der Waals surface area contributed by atoms with Crippen LogP contribution >= 0.6 is 11.6 Å². The lowest BCUT2D eigenvalue weighted by Gasteiger charge is -2.18. The highest BCUT2D eigenvalue weighted by atomic mass is 35.5. The third-order valence-corrected chi connectivity index (χ3v) is 4.10. The summed E-state index contributed by atoms with van der Waals surface area (Å²) in [6.07, 6.45) is 2.36. The monoisotopic (exact) mass is 362 g/mol. The molecule has 2 heterocycles. The Bertz CT molecular complexity index is 848. The first-order chi connectivity index (χ1) is 12.0. The SMILES string of the molecule is NC(=O)c1coc(CNC(=O)c2ccc(Cl)c(N3CCCC3=O)c2)n1. The van der Waals surface area contributed by atoms with Gasteiger partial charge in [-0.25, -0.2) is 4.98 Å². The van der Waals surface area contributed by atoms with Crippen LogP contribution in [0.5, 0.6) is 0 Å². The summed E-state index contributed by atoms with van der Waals surface area (Å²) in [5.74, 6) is -0.952. The van der Waals surface area contributed by atoms with Crippen LogP contribution in [0.15, 0.2) is 28.9 Å². The highest BCUT2D eigenvalue weighted by Gasteiger charge is 2.24. The number of anilines is 1. The fourth-order valence-electron chi connectivity index (χ4n) is 2.53. The number of rotatable bonds is 5. The minimum absolute atomic E-state index is 0.00722. The lowest BCUT2D eigenvalue weighted by Crippen LogP contribution is -2.26. The second-order valence-electron chi connectivity index (χ2n) is 5.49. The van der Waals surface area contributed by atoms with E-state index in [1.165, 1.54) is 0 Å². The third kappa shape index (κ3) is 3.63. The molecule has 2 aromatic rings. The highest BCUT2D eigenvalue weighted by molar-refractivity contribution is 6.34. The maximum Gasteiger partial charge on any atom is 0.270 e. The van der Waals surface area contributed by atoms with Gasteiger partial charge in [0.2, 0.25) is 11.8 Å². The van der Waals surface area contributed by atoms with Crippen LogP contribution in [-0.4, -0.2) is 29.3 Å². The molecule has 130 valence electrons. The van der Waals surface area contributed by atoms with Crippen molar-refractivity contribution in [2.24, 2.45) is 5.73 Å². The van der Waals surface area contributed by atoms with Crippen LogP contribution in [-0.2, 0) is 11.3 Å². The molecule has 0 bridgehead atoms. The summed E-state index contributed by atoms with van der Waals surface area (Å²) in [5, 5.41) is 3.03. The highest BCUT2D eigenvalue weighted by Crippen LogP contribution is 2.30. The van der Waals surface area contributed by atoms with Gasteiger partial charge in [-0.3, -0.25) is 14.4 Å². The Balaban J connectivity index is 1.71. The van der Waals surface area contributed by atoms with Crippen LogP contribution in [0.4, 0.5) is 5.69 Å². The Morgan fingerprint density at radius 2 is 2.20 bits per heavy atom. The molecule has 1 aliphatic rings. The first kappa shape index (κ1) is 17.0. The topological polar surface area (TPSA) is 119 Å². The summed E-state index contributed by atoms with van der Waals surface area (Å²) in [5.41, 5.74) is 5.94. The van der Waals surface area contributed by atoms with Gasteiger partial charge in [-0.15, -0.1) is 0 Å². The van der Waals surface area contributed by atoms with Gasteiger partial charge < -0.3 is 20.4 Å². The first-order valence-electron chi connectivity index (χ1n) is 7.58. The van der Waals surface area contributed by atoms with E-state index in [4.69, 9.17) is 21.8 Å². The average molecular weight is 363 g/mol. The zero-order chi connectivity index (χ0) is 18.0. The number of benzene rings is 1. The Labute approximate surface area is 147 Å². The average Bonchev–Trinajstić information content (AvgIpc) is 3.22. The second-order valence-corrected chi connectivity index (χ2v) is 5.90. The molecule has 1 aliphatic heterocycles. The minimum atomic E-state index is -0.709. The van der Waals surface area contributed by atoms with Crippen LogP contribution in [0.3, 0.4) is 0 Å².